The molecule has 94 valence electrons. The van der Waals surface area contributed by atoms with E-state index in [-0.39, 0.29) is 22.8 Å². The van der Waals surface area contributed by atoms with Crippen molar-refractivity contribution in [1.29, 1.82) is 0 Å². The second-order valence-electron chi connectivity index (χ2n) is 3.94. The van der Waals surface area contributed by atoms with E-state index in [0.717, 1.165) is 12.7 Å². The van der Waals surface area contributed by atoms with E-state index in [1.165, 1.54) is 0 Å². The molecule has 1 N–H and O–H groups in total. The van der Waals surface area contributed by atoms with Gasteiger partial charge < -0.3 is 10.2 Å². The molecule has 1 unspecified atom stereocenters. The number of nitrogens with zero attached hydrogens (tertiary/aromatic N) is 4. The minimum atomic E-state index is -0.541. The van der Waals surface area contributed by atoms with Gasteiger partial charge in [0.2, 0.25) is 11.1 Å². The fourth-order valence-electron chi connectivity index (χ4n) is 1.42. The first-order valence-corrected chi connectivity index (χ1v) is 5.36. The average molecular weight is 260 g/mol. The molecule has 1 aromatic rings. The van der Waals surface area contributed by atoms with Crippen LogP contribution < -0.4 is 5.32 Å². The minimum Gasteiger partial charge on any atom is -0.360 e. The zero-order chi connectivity index (χ0) is 13.0. The van der Waals surface area contributed by atoms with Crippen LogP contribution in [-0.2, 0) is 0 Å². The van der Waals surface area contributed by atoms with Gasteiger partial charge in [-0.25, -0.2) is 4.98 Å². The van der Waals surface area contributed by atoms with Crippen molar-refractivity contribution in [3.8, 4) is 0 Å². The number of aromatic nitrogens is 2. The quantitative estimate of drug-likeness (QED) is 0.489. The Morgan fingerprint density at radius 3 is 2.82 bits per heavy atom. The predicted octanol–water partition coefficient (Wildman–Crippen LogP) is 1.40. The standard InChI is InChI=1S/C9H14ClN5O2/c1-6(5-14(2)3)12-8-7(15(16)17)4-11-9(10)13-8/h4,6H,5H2,1-3H3,(H,11,12,13). The van der Waals surface area contributed by atoms with Crippen LogP contribution in [0.5, 0.6) is 0 Å². The van der Waals surface area contributed by atoms with E-state index >= 15 is 0 Å². The molecule has 0 aliphatic heterocycles. The number of nitro groups is 1. The molecule has 1 atom stereocenters. The highest BCUT2D eigenvalue weighted by Crippen LogP contribution is 2.22. The molecule has 0 aromatic carbocycles. The summed E-state index contributed by atoms with van der Waals surface area (Å²) in [6, 6.07) is 0.00895. The highest BCUT2D eigenvalue weighted by molar-refractivity contribution is 6.28. The zero-order valence-corrected chi connectivity index (χ0v) is 10.6. The SMILES string of the molecule is CC(CN(C)C)Nc1nc(Cl)ncc1[N+](=O)[O-]. The van der Waals surface area contributed by atoms with Crippen molar-refractivity contribution in [2.24, 2.45) is 0 Å². The largest absolute Gasteiger partial charge is 0.360 e. The van der Waals surface area contributed by atoms with Crippen LogP contribution in [0.1, 0.15) is 6.92 Å². The van der Waals surface area contributed by atoms with E-state index in [4.69, 9.17) is 11.6 Å². The van der Waals surface area contributed by atoms with Crippen molar-refractivity contribution >= 4 is 23.1 Å². The van der Waals surface area contributed by atoms with E-state index in [2.05, 4.69) is 15.3 Å². The third-order valence-corrected chi connectivity index (χ3v) is 2.14. The monoisotopic (exact) mass is 259 g/mol. The van der Waals surface area contributed by atoms with E-state index in [1.807, 2.05) is 25.9 Å². The van der Waals surface area contributed by atoms with Crippen LogP contribution in [0.2, 0.25) is 5.28 Å². The Kier molecular flexibility index (Phi) is 4.59. The Hall–Kier alpha value is -1.47. The molecule has 0 radical (unpaired) electrons. The van der Waals surface area contributed by atoms with Crippen LogP contribution in [0.15, 0.2) is 6.20 Å². The van der Waals surface area contributed by atoms with Crippen LogP contribution in [-0.4, -0.2) is 46.5 Å². The Morgan fingerprint density at radius 2 is 2.29 bits per heavy atom. The fraction of sp³-hybridized carbons (Fsp3) is 0.556. The molecule has 1 rings (SSSR count). The molecule has 0 aliphatic rings. The van der Waals surface area contributed by atoms with Gasteiger partial charge in [-0.2, -0.15) is 4.98 Å². The average Bonchev–Trinajstić information content (AvgIpc) is 2.15. The van der Waals surface area contributed by atoms with Crippen molar-refractivity contribution in [2.45, 2.75) is 13.0 Å². The Labute approximate surface area is 104 Å². The molecule has 7 nitrogen and oxygen atoms in total. The molecule has 8 heteroatoms. The Bertz CT molecular complexity index is 412. The smallest absolute Gasteiger partial charge is 0.329 e. The zero-order valence-electron chi connectivity index (χ0n) is 9.85. The molecule has 1 aromatic heterocycles. The summed E-state index contributed by atoms with van der Waals surface area (Å²) in [5, 5.41) is 13.7. The van der Waals surface area contributed by atoms with E-state index in [9.17, 15) is 10.1 Å². The van der Waals surface area contributed by atoms with Gasteiger partial charge >= 0.3 is 5.69 Å². The molecule has 0 bridgehead atoms. The lowest BCUT2D eigenvalue weighted by Crippen LogP contribution is -2.30. The van der Waals surface area contributed by atoms with Crippen LogP contribution in [0.4, 0.5) is 11.5 Å². The van der Waals surface area contributed by atoms with E-state index < -0.39 is 4.92 Å². The highest BCUT2D eigenvalue weighted by atomic mass is 35.5. The topological polar surface area (TPSA) is 84.2 Å². The molecular formula is C9H14ClN5O2. The molecule has 0 aliphatic carbocycles. The van der Waals surface area contributed by atoms with Gasteiger partial charge in [0, 0.05) is 12.6 Å². The van der Waals surface area contributed by atoms with Crippen molar-refractivity contribution in [1.82, 2.24) is 14.9 Å². The number of likely N-dealkylation sites (N-methyl/N-ethyl adjacent to an activating group) is 1. The van der Waals surface area contributed by atoms with Crippen molar-refractivity contribution < 1.29 is 4.92 Å². The number of nitrogens with one attached hydrogen (secondary N) is 1. The number of hydrogen-bond acceptors (Lipinski definition) is 6. The summed E-state index contributed by atoms with van der Waals surface area (Å²) in [4.78, 5) is 19.6. The number of anilines is 1. The minimum absolute atomic E-state index is 0.00895. The molecule has 0 fully saturated rings. The molecule has 0 saturated carbocycles. The predicted molar refractivity (Wildman–Crippen MR) is 65.3 cm³/mol. The van der Waals surface area contributed by atoms with E-state index in [0.29, 0.717) is 0 Å². The van der Waals surface area contributed by atoms with Crippen LogP contribution in [0.25, 0.3) is 0 Å². The first-order valence-electron chi connectivity index (χ1n) is 4.98. The van der Waals surface area contributed by atoms with Crippen molar-refractivity contribution in [2.75, 3.05) is 26.0 Å². The maximum absolute atomic E-state index is 10.8. The van der Waals surface area contributed by atoms with Gasteiger partial charge in [0.05, 0.1) is 4.92 Å². The van der Waals surface area contributed by atoms with Gasteiger partial charge in [-0.1, -0.05) is 0 Å². The molecule has 0 spiro atoms. The van der Waals surface area contributed by atoms with E-state index in [1.54, 1.807) is 0 Å². The summed E-state index contributed by atoms with van der Waals surface area (Å²) in [5.74, 6) is 0.143. The third-order valence-electron chi connectivity index (χ3n) is 1.96. The highest BCUT2D eigenvalue weighted by Gasteiger charge is 2.18. The third kappa shape index (κ3) is 4.12. The summed E-state index contributed by atoms with van der Waals surface area (Å²) in [5.41, 5.74) is -0.181. The molecular weight excluding hydrogens is 246 g/mol. The first kappa shape index (κ1) is 13.6. The second kappa shape index (κ2) is 5.74. The first-order chi connectivity index (χ1) is 7.90. The lowest BCUT2D eigenvalue weighted by molar-refractivity contribution is -0.384. The lowest BCUT2D eigenvalue weighted by atomic mass is 10.3. The molecule has 1 heterocycles. The van der Waals surface area contributed by atoms with Crippen molar-refractivity contribution in [3.05, 3.63) is 21.6 Å². The fourth-order valence-corrected chi connectivity index (χ4v) is 1.55. The van der Waals surface area contributed by atoms with Gasteiger partial charge in [0.25, 0.3) is 0 Å². The normalized spacial score (nSPS) is 12.5. The van der Waals surface area contributed by atoms with Crippen LogP contribution >= 0.6 is 11.6 Å². The summed E-state index contributed by atoms with van der Waals surface area (Å²) in [6.45, 7) is 2.62. The van der Waals surface area contributed by atoms with Gasteiger partial charge in [0.1, 0.15) is 6.20 Å². The van der Waals surface area contributed by atoms with Gasteiger partial charge in [-0.15, -0.1) is 0 Å². The summed E-state index contributed by atoms with van der Waals surface area (Å²) < 4.78 is 0. The van der Waals surface area contributed by atoms with Gasteiger partial charge in [-0.3, -0.25) is 10.1 Å². The number of halogens is 1. The van der Waals surface area contributed by atoms with Gasteiger partial charge in [-0.05, 0) is 32.6 Å². The lowest BCUT2D eigenvalue weighted by Gasteiger charge is -2.18. The summed E-state index contributed by atoms with van der Waals surface area (Å²) >= 11 is 5.62. The summed E-state index contributed by atoms with van der Waals surface area (Å²) in [7, 11) is 3.83. The molecule has 0 saturated heterocycles. The molecule has 17 heavy (non-hydrogen) atoms. The number of rotatable bonds is 5. The Morgan fingerprint density at radius 1 is 1.65 bits per heavy atom. The number of hydrogen-bond donors (Lipinski definition) is 1. The van der Waals surface area contributed by atoms with Crippen LogP contribution in [0.3, 0.4) is 0 Å². The summed E-state index contributed by atoms with van der Waals surface area (Å²) in [6.07, 6.45) is 1.10. The second-order valence-corrected chi connectivity index (χ2v) is 4.28. The van der Waals surface area contributed by atoms with Crippen molar-refractivity contribution in [3.63, 3.8) is 0 Å². The van der Waals surface area contributed by atoms with Crippen LogP contribution in [0, 0.1) is 10.1 Å². The Balaban J connectivity index is 2.88. The molecule has 0 amide bonds. The maximum Gasteiger partial charge on any atom is 0.329 e. The maximum atomic E-state index is 10.8. The van der Waals surface area contributed by atoms with Gasteiger partial charge in [0.15, 0.2) is 0 Å².